The van der Waals surface area contributed by atoms with Gasteiger partial charge >= 0.3 is 0 Å². The Hall–Kier alpha value is -0.0800. The average Bonchev–Trinajstić information content (AvgIpc) is 2.76. The van der Waals surface area contributed by atoms with E-state index in [0.29, 0.717) is 11.8 Å². The van der Waals surface area contributed by atoms with Crippen LogP contribution in [0.25, 0.3) is 0 Å². The van der Waals surface area contributed by atoms with Crippen LogP contribution in [0.15, 0.2) is 0 Å². The lowest BCUT2D eigenvalue weighted by molar-refractivity contribution is -0.237. The second kappa shape index (κ2) is 4.47. The van der Waals surface area contributed by atoms with Gasteiger partial charge in [-0.2, -0.15) is 0 Å². The summed E-state index contributed by atoms with van der Waals surface area (Å²) in [5, 5.41) is 22.3. The Morgan fingerprint density at radius 2 is 1.57 bits per heavy atom. The molecule has 2 N–H and O–H groups in total. The van der Waals surface area contributed by atoms with Gasteiger partial charge < -0.3 is 10.2 Å². The van der Waals surface area contributed by atoms with Crippen molar-refractivity contribution < 1.29 is 10.2 Å². The molecule has 0 heterocycles. The molecule has 4 aliphatic rings. The Labute approximate surface area is 129 Å². The van der Waals surface area contributed by atoms with E-state index >= 15 is 0 Å². The molecule has 0 amide bonds. The van der Waals surface area contributed by atoms with Crippen LogP contribution in [-0.2, 0) is 0 Å². The van der Waals surface area contributed by atoms with Crippen molar-refractivity contribution in [1.29, 1.82) is 0 Å². The van der Waals surface area contributed by atoms with Crippen LogP contribution in [-0.4, -0.2) is 21.9 Å². The topological polar surface area (TPSA) is 40.5 Å². The molecule has 4 saturated carbocycles. The standard InChI is InChI=1S/C19H32O2/c1-17-11-12-19(21)15(14(17)8-9-16(17)20)7-6-13-5-3-4-10-18(13,19)2/h13-16,20-21H,3-12H2,1-2H3/t13-,14+,15+,16-,17+,18+,19-/m1/s1. The maximum atomic E-state index is 11.8. The van der Waals surface area contributed by atoms with Crippen molar-refractivity contribution in [2.75, 3.05) is 0 Å². The lowest BCUT2D eigenvalue weighted by Gasteiger charge is -2.64. The summed E-state index contributed by atoms with van der Waals surface area (Å²) in [7, 11) is 0. The van der Waals surface area contributed by atoms with Crippen LogP contribution in [0.2, 0.25) is 0 Å². The molecular formula is C19H32O2. The summed E-state index contributed by atoms with van der Waals surface area (Å²) < 4.78 is 0. The zero-order valence-electron chi connectivity index (χ0n) is 13.8. The summed E-state index contributed by atoms with van der Waals surface area (Å²) in [6, 6.07) is 0. The summed E-state index contributed by atoms with van der Waals surface area (Å²) >= 11 is 0. The van der Waals surface area contributed by atoms with E-state index < -0.39 is 5.60 Å². The molecule has 0 aliphatic heterocycles. The van der Waals surface area contributed by atoms with Crippen LogP contribution in [0.4, 0.5) is 0 Å². The number of fused-ring (bicyclic) bond motifs is 5. The van der Waals surface area contributed by atoms with Crippen LogP contribution in [0.3, 0.4) is 0 Å². The maximum absolute atomic E-state index is 11.8. The Bertz CT molecular complexity index is 435. The third-order valence-corrected chi connectivity index (χ3v) is 8.72. The minimum absolute atomic E-state index is 0.0781. The van der Waals surface area contributed by atoms with Crippen LogP contribution in [0.5, 0.6) is 0 Å². The molecule has 0 radical (unpaired) electrons. The number of aliphatic hydroxyl groups is 2. The molecule has 0 aromatic rings. The second-order valence-corrected chi connectivity index (χ2v) is 9.17. The summed E-state index contributed by atoms with van der Waals surface area (Å²) in [5.41, 5.74) is -0.234. The molecule has 0 saturated heterocycles. The highest BCUT2D eigenvalue weighted by Crippen LogP contribution is 2.67. The number of rotatable bonds is 0. The number of hydrogen-bond donors (Lipinski definition) is 2. The SMILES string of the molecule is C[C@]12CC[C@@]3(O)[C@@H](CC[C@H]4CCCC[C@@]43C)[C@@H]1CC[C@H]2O. The zero-order valence-corrected chi connectivity index (χ0v) is 13.8. The van der Waals surface area contributed by atoms with Gasteiger partial charge in [-0.05, 0) is 80.0 Å². The largest absolute Gasteiger partial charge is 0.393 e. The van der Waals surface area contributed by atoms with Crippen molar-refractivity contribution in [2.24, 2.45) is 28.6 Å². The first-order chi connectivity index (χ1) is 9.92. The van der Waals surface area contributed by atoms with Crippen LogP contribution < -0.4 is 0 Å². The van der Waals surface area contributed by atoms with Gasteiger partial charge in [0.25, 0.3) is 0 Å². The van der Waals surface area contributed by atoms with Gasteiger partial charge in [0.05, 0.1) is 11.7 Å². The van der Waals surface area contributed by atoms with E-state index in [1.807, 2.05) is 0 Å². The first-order valence-corrected chi connectivity index (χ1v) is 9.32. The van der Waals surface area contributed by atoms with E-state index in [1.165, 1.54) is 38.5 Å². The smallest absolute Gasteiger partial charge is 0.0734 e. The first kappa shape index (κ1) is 14.5. The van der Waals surface area contributed by atoms with Crippen molar-refractivity contribution in [3.63, 3.8) is 0 Å². The van der Waals surface area contributed by atoms with Gasteiger partial charge in [0.2, 0.25) is 0 Å². The predicted octanol–water partition coefficient (Wildman–Crippen LogP) is 3.90. The highest BCUT2D eigenvalue weighted by Gasteiger charge is 2.66. The van der Waals surface area contributed by atoms with Crippen molar-refractivity contribution >= 4 is 0 Å². The van der Waals surface area contributed by atoms with Crippen molar-refractivity contribution in [2.45, 2.75) is 89.8 Å². The van der Waals surface area contributed by atoms with E-state index in [-0.39, 0.29) is 16.9 Å². The minimum Gasteiger partial charge on any atom is -0.393 e. The first-order valence-electron chi connectivity index (χ1n) is 9.32. The van der Waals surface area contributed by atoms with Gasteiger partial charge in [-0.15, -0.1) is 0 Å². The molecule has 2 nitrogen and oxygen atoms in total. The quantitative estimate of drug-likeness (QED) is 0.711. The number of aliphatic hydroxyl groups excluding tert-OH is 1. The normalized spacial score (nSPS) is 60.0. The van der Waals surface area contributed by atoms with Crippen LogP contribution in [0, 0.1) is 28.6 Å². The van der Waals surface area contributed by atoms with E-state index in [9.17, 15) is 10.2 Å². The minimum atomic E-state index is -0.454. The molecule has 4 fully saturated rings. The van der Waals surface area contributed by atoms with Crippen LogP contribution in [0.1, 0.15) is 78.1 Å². The van der Waals surface area contributed by atoms with Gasteiger partial charge in [0.1, 0.15) is 0 Å². The van der Waals surface area contributed by atoms with Gasteiger partial charge in [0.15, 0.2) is 0 Å². The lowest BCUT2D eigenvalue weighted by Crippen LogP contribution is -2.65. The molecule has 0 bridgehead atoms. The van der Waals surface area contributed by atoms with E-state index in [2.05, 4.69) is 13.8 Å². The molecule has 4 aliphatic carbocycles. The monoisotopic (exact) mass is 292 g/mol. The van der Waals surface area contributed by atoms with Gasteiger partial charge in [-0.1, -0.05) is 26.7 Å². The van der Waals surface area contributed by atoms with E-state index in [4.69, 9.17) is 0 Å². The summed E-state index contributed by atoms with van der Waals surface area (Å²) in [6.07, 6.45) is 11.6. The maximum Gasteiger partial charge on any atom is 0.0734 e. The molecular weight excluding hydrogens is 260 g/mol. The van der Waals surface area contributed by atoms with Crippen LogP contribution >= 0.6 is 0 Å². The average molecular weight is 292 g/mol. The third-order valence-electron chi connectivity index (χ3n) is 8.72. The zero-order chi connectivity index (χ0) is 14.9. The fraction of sp³-hybridized carbons (Fsp3) is 1.00. The fourth-order valence-electron chi connectivity index (χ4n) is 7.20. The Kier molecular flexibility index (Phi) is 3.09. The number of hydrogen-bond acceptors (Lipinski definition) is 2. The fourth-order valence-corrected chi connectivity index (χ4v) is 7.20. The molecule has 4 rings (SSSR count). The highest BCUT2D eigenvalue weighted by atomic mass is 16.3. The van der Waals surface area contributed by atoms with E-state index in [1.54, 1.807) is 0 Å². The van der Waals surface area contributed by atoms with E-state index in [0.717, 1.165) is 31.6 Å². The highest BCUT2D eigenvalue weighted by molar-refractivity contribution is 5.16. The molecule has 7 atom stereocenters. The van der Waals surface area contributed by atoms with Gasteiger partial charge in [-0.25, -0.2) is 0 Å². The van der Waals surface area contributed by atoms with Crippen molar-refractivity contribution in [3.05, 3.63) is 0 Å². The molecule has 0 unspecified atom stereocenters. The third kappa shape index (κ3) is 1.67. The summed E-state index contributed by atoms with van der Waals surface area (Å²) in [5.74, 6) is 1.72. The molecule has 0 aromatic carbocycles. The second-order valence-electron chi connectivity index (χ2n) is 9.17. The summed E-state index contributed by atoms with van der Waals surface area (Å²) in [6.45, 7) is 4.70. The predicted molar refractivity (Wildman–Crippen MR) is 83.8 cm³/mol. The van der Waals surface area contributed by atoms with Crippen molar-refractivity contribution in [3.8, 4) is 0 Å². The van der Waals surface area contributed by atoms with Crippen molar-refractivity contribution in [1.82, 2.24) is 0 Å². The van der Waals surface area contributed by atoms with Gasteiger partial charge in [0, 0.05) is 0 Å². The Morgan fingerprint density at radius 3 is 2.38 bits per heavy atom. The molecule has 2 heteroatoms. The molecule has 0 spiro atoms. The van der Waals surface area contributed by atoms with Gasteiger partial charge in [-0.3, -0.25) is 0 Å². The lowest BCUT2D eigenvalue weighted by atomic mass is 9.43. The molecule has 120 valence electrons. The Balaban J connectivity index is 1.72. The molecule has 21 heavy (non-hydrogen) atoms. The molecule has 0 aromatic heterocycles. The Morgan fingerprint density at radius 1 is 0.810 bits per heavy atom. The summed E-state index contributed by atoms with van der Waals surface area (Å²) in [4.78, 5) is 0.